The van der Waals surface area contributed by atoms with Crippen LogP contribution < -0.4 is 11.1 Å². The lowest BCUT2D eigenvalue weighted by atomic mass is 9.75. The van der Waals surface area contributed by atoms with Crippen LogP contribution >= 0.6 is 0 Å². The third-order valence-electron chi connectivity index (χ3n) is 6.85. The van der Waals surface area contributed by atoms with Gasteiger partial charge in [0, 0.05) is 24.6 Å². The van der Waals surface area contributed by atoms with Crippen LogP contribution in [0.25, 0.3) is 5.69 Å². The molecule has 1 amide bonds. The van der Waals surface area contributed by atoms with Gasteiger partial charge in [-0.3, -0.25) is 14.4 Å². The molecular formula is C26H34N4O4. The minimum absolute atomic E-state index is 0.0492. The van der Waals surface area contributed by atoms with Crippen molar-refractivity contribution in [3.05, 3.63) is 40.7 Å². The van der Waals surface area contributed by atoms with Crippen LogP contribution in [0, 0.1) is 12.3 Å². The normalized spacial score (nSPS) is 21.6. The molecule has 1 saturated carbocycles. The molecule has 0 radical (unpaired) electrons. The first-order valence-corrected chi connectivity index (χ1v) is 12.1. The Balaban J connectivity index is 1.60. The Kier molecular flexibility index (Phi) is 6.51. The van der Waals surface area contributed by atoms with E-state index in [1.165, 1.54) is 0 Å². The first kappa shape index (κ1) is 24.0. The summed E-state index contributed by atoms with van der Waals surface area (Å²) in [6, 6.07) is 5.57. The summed E-state index contributed by atoms with van der Waals surface area (Å²) in [5, 5.41) is 8.18. The molecule has 0 atom stereocenters. The summed E-state index contributed by atoms with van der Waals surface area (Å²) < 4.78 is 7.31. The highest BCUT2D eigenvalue weighted by Crippen LogP contribution is 2.37. The molecule has 4 rings (SSSR count). The molecule has 0 spiro atoms. The Morgan fingerprint density at radius 2 is 1.91 bits per heavy atom. The van der Waals surface area contributed by atoms with Crippen LogP contribution in [0.2, 0.25) is 0 Å². The van der Waals surface area contributed by atoms with E-state index < -0.39 is 5.91 Å². The highest BCUT2D eigenvalue weighted by Gasteiger charge is 2.36. The Bertz CT molecular complexity index is 1130. The van der Waals surface area contributed by atoms with Crippen molar-refractivity contribution in [3.8, 4) is 5.69 Å². The number of nitrogens with one attached hydrogen (secondary N) is 1. The van der Waals surface area contributed by atoms with Crippen molar-refractivity contribution in [2.45, 2.75) is 84.8 Å². The Morgan fingerprint density at radius 3 is 2.56 bits per heavy atom. The smallest absolute Gasteiger partial charge is 0.305 e. The van der Waals surface area contributed by atoms with Gasteiger partial charge in [-0.15, -0.1) is 0 Å². The molecule has 1 aromatic heterocycles. The van der Waals surface area contributed by atoms with Gasteiger partial charge in [0.15, 0.2) is 5.78 Å². The second kappa shape index (κ2) is 9.24. The van der Waals surface area contributed by atoms with Crippen molar-refractivity contribution in [1.82, 2.24) is 9.78 Å². The average Bonchev–Trinajstić information content (AvgIpc) is 3.09. The summed E-state index contributed by atoms with van der Waals surface area (Å²) >= 11 is 0. The van der Waals surface area contributed by atoms with Gasteiger partial charge in [0.1, 0.15) is 6.10 Å². The maximum Gasteiger partial charge on any atom is 0.305 e. The minimum Gasteiger partial charge on any atom is -0.462 e. The predicted molar refractivity (Wildman–Crippen MR) is 129 cm³/mol. The van der Waals surface area contributed by atoms with Crippen molar-refractivity contribution in [3.63, 3.8) is 0 Å². The number of anilines is 1. The Hall–Kier alpha value is -3.16. The monoisotopic (exact) mass is 466 g/mol. The van der Waals surface area contributed by atoms with E-state index in [9.17, 15) is 14.4 Å². The second-order valence-electron chi connectivity index (χ2n) is 10.3. The topological polar surface area (TPSA) is 116 Å². The summed E-state index contributed by atoms with van der Waals surface area (Å²) in [6.45, 7) is 7.85. The first-order chi connectivity index (χ1) is 16.1. The van der Waals surface area contributed by atoms with Crippen LogP contribution in [0.4, 0.5) is 5.69 Å². The van der Waals surface area contributed by atoms with Crippen LogP contribution in [-0.2, 0) is 16.0 Å². The van der Waals surface area contributed by atoms with Gasteiger partial charge in [-0.25, -0.2) is 4.68 Å². The number of aryl methyl sites for hydroxylation is 1. The lowest BCUT2D eigenvalue weighted by Crippen LogP contribution is -2.31. The van der Waals surface area contributed by atoms with Crippen molar-refractivity contribution in [2.24, 2.45) is 11.1 Å². The Labute approximate surface area is 200 Å². The van der Waals surface area contributed by atoms with Crippen LogP contribution in [0.3, 0.4) is 0 Å². The molecule has 0 saturated heterocycles. The van der Waals surface area contributed by atoms with Gasteiger partial charge >= 0.3 is 5.97 Å². The van der Waals surface area contributed by atoms with E-state index in [0.29, 0.717) is 29.7 Å². The summed E-state index contributed by atoms with van der Waals surface area (Å²) in [6.07, 6.45) is 4.78. The third-order valence-corrected chi connectivity index (χ3v) is 6.85. The number of nitrogens with two attached hydrogens (primary N) is 1. The maximum absolute atomic E-state index is 12.8. The van der Waals surface area contributed by atoms with Crippen LogP contribution in [0.1, 0.15) is 91.4 Å². The number of hydrogen-bond acceptors (Lipinski definition) is 6. The number of esters is 1. The largest absolute Gasteiger partial charge is 0.462 e. The number of ether oxygens (including phenoxy) is 1. The highest BCUT2D eigenvalue weighted by atomic mass is 16.5. The zero-order valence-corrected chi connectivity index (χ0v) is 20.4. The summed E-state index contributed by atoms with van der Waals surface area (Å²) in [4.78, 5) is 36.5. The second-order valence-corrected chi connectivity index (χ2v) is 10.3. The van der Waals surface area contributed by atoms with Gasteiger partial charge < -0.3 is 15.8 Å². The van der Waals surface area contributed by atoms with Crippen LogP contribution in [-0.4, -0.2) is 39.6 Å². The van der Waals surface area contributed by atoms with Gasteiger partial charge in [-0.1, -0.05) is 20.8 Å². The lowest BCUT2D eigenvalue weighted by Gasteiger charge is -2.30. The summed E-state index contributed by atoms with van der Waals surface area (Å²) in [7, 11) is 0. The molecular weight excluding hydrogens is 432 g/mol. The number of ketones is 1. The number of fused-ring (bicyclic) bond motifs is 1. The molecule has 0 bridgehead atoms. The number of primary amides is 1. The fourth-order valence-electron chi connectivity index (χ4n) is 5.17. The van der Waals surface area contributed by atoms with E-state index in [0.717, 1.165) is 49.2 Å². The Morgan fingerprint density at radius 1 is 1.21 bits per heavy atom. The van der Waals surface area contributed by atoms with E-state index >= 15 is 0 Å². The van der Waals surface area contributed by atoms with E-state index in [4.69, 9.17) is 10.5 Å². The molecule has 3 N–H and O–H groups in total. The quantitative estimate of drug-likeness (QED) is 0.619. The minimum atomic E-state index is -0.505. The standard InChI is InChI=1S/C26H34N4O4/c1-5-23(32)34-18-9-6-16(7-10-18)28-20-12-17(8-11-19(20)25(27)33)30-21-13-26(3,4)14-22(31)24(21)15(2)29-30/h8,11-12,16,18,28H,5-7,9-10,13-14H2,1-4H3,(H2,27,33). The van der Waals surface area contributed by atoms with Crippen molar-refractivity contribution >= 4 is 23.3 Å². The number of nitrogens with zero attached hydrogens (tertiary/aromatic N) is 2. The molecule has 0 aliphatic heterocycles. The molecule has 1 fully saturated rings. The maximum atomic E-state index is 12.8. The number of hydrogen-bond donors (Lipinski definition) is 2. The molecule has 8 nitrogen and oxygen atoms in total. The van der Waals surface area contributed by atoms with E-state index in [1.54, 1.807) is 13.0 Å². The average molecular weight is 467 g/mol. The van der Waals surface area contributed by atoms with E-state index in [2.05, 4.69) is 24.3 Å². The van der Waals surface area contributed by atoms with Crippen molar-refractivity contribution in [1.29, 1.82) is 0 Å². The molecule has 8 heteroatoms. The zero-order chi connectivity index (χ0) is 24.6. The molecule has 0 unspecified atom stereocenters. The predicted octanol–water partition coefficient (Wildman–Crippen LogP) is 4.11. The first-order valence-electron chi connectivity index (χ1n) is 12.1. The van der Waals surface area contributed by atoms with Gasteiger partial charge in [-0.05, 0) is 62.6 Å². The summed E-state index contributed by atoms with van der Waals surface area (Å²) in [5.74, 6) is -0.545. The number of rotatable bonds is 6. The van der Waals surface area contributed by atoms with Gasteiger partial charge in [0.25, 0.3) is 5.91 Å². The molecule has 2 aromatic rings. The molecule has 2 aliphatic rings. The van der Waals surface area contributed by atoms with Gasteiger partial charge in [0.2, 0.25) is 0 Å². The molecule has 182 valence electrons. The van der Waals surface area contributed by atoms with Gasteiger partial charge in [-0.2, -0.15) is 5.10 Å². The third kappa shape index (κ3) is 4.86. The van der Waals surface area contributed by atoms with E-state index in [-0.39, 0.29) is 29.3 Å². The number of benzene rings is 1. The number of carbonyl (C=O) groups is 3. The molecule has 1 heterocycles. The number of carbonyl (C=O) groups excluding carboxylic acids is 3. The fourth-order valence-corrected chi connectivity index (χ4v) is 5.17. The summed E-state index contributed by atoms with van der Waals surface area (Å²) in [5.41, 5.74) is 9.74. The highest BCUT2D eigenvalue weighted by molar-refractivity contribution is 6.00. The van der Waals surface area contributed by atoms with Crippen molar-refractivity contribution < 1.29 is 19.1 Å². The zero-order valence-electron chi connectivity index (χ0n) is 20.4. The molecule has 1 aromatic carbocycles. The number of aromatic nitrogens is 2. The lowest BCUT2D eigenvalue weighted by molar-refractivity contribution is -0.150. The number of amides is 1. The van der Waals surface area contributed by atoms with Crippen LogP contribution in [0.5, 0.6) is 0 Å². The fraction of sp³-hybridized carbons (Fsp3) is 0.538. The SMILES string of the molecule is CCC(=O)OC1CCC(Nc2cc(-n3nc(C)c4c3CC(C)(C)CC4=O)ccc2C(N)=O)CC1. The number of Topliss-reactive ketones (excluding diaryl/α,β-unsaturated/α-hetero) is 1. The molecule has 34 heavy (non-hydrogen) atoms. The van der Waals surface area contributed by atoms with Gasteiger partial charge in [0.05, 0.1) is 28.2 Å². The molecule has 2 aliphatic carbocycles. The van der Waals surface area contributed by atoms with Crippen LogP contribution in [0.15, 0.2) is 18.2 Å². The van der Waals surface area contributed by atoms with E-state index in [1.807, 2.05) is 23.7 Å². The van der Waals surface area contributed by atoms with Crippen molar-refractivity contribution in [2.75, 3.05) is 5.32 Å².